The second kappa shape index (κ2) is 11.2. The molecule has 0 saturated carbocycles. The molecule has 0 aliphatic heterocycles. The summed E-state index contributed by atoms with van der Waals surface area (Å²) in [7, 11) is 0. The molecule has 0 bridgehead atoms. The van der Waals surface area contributed by atoms with Crippen LogP contribution in [-0.2, 0) is 19.7 Å². The average Bonchev–Trinajstić information content (AvgIpc) is 2.76. The summed E-state index contributed by atoms with van der Waals surface area (Å²) in [5, 5.41) is 13.1. The van der Waals surface area contributed by atoms with E-state index in [-0.39, 0.29) is 5.56 Å². The third-order valence-corrected chi connectivity index (χ3v) is 5.56. The Morgan fingerprint density at radius 2 is 1.61 bits per heavy atom. The molecule has 0 aromatic heterocycles. The summed E-state index contributed by atoms with van der Waals surface area (Å²) in [5.74, 6) is 0.421. The van der Waals surface area contributed by atoms with E-state index < -0.39 is 5.97 Å². The molecule has 0 spiro atoms. The fourth-order valence-corrected chi connectivity index (χ4v) is 3.53. The quantitative estimate of drug-likeness (QED) is 0.351. The number of carboxylic acids is 1. The zero-order valence-electron chi connectivity index (χ0n) is 17.0. The molecule has 0 unspecified atom stereocenters. The summed E-state index contributed by atoms with van der Waals surface area (Å²) in [5.41, 5.74) is 3.34. The van der Waals surface area contributed by atoms with Crippen LogP contribution in [0.3, 0.4) is 0 Å². The Hall–Kier alpha value is -2.54. The first-order chi connectivity index (χ1) is 15.0. The Morgan fingerprint density at radius 1 is 0.968 bits per heavy atom. The highest BCUT2D eigenvalue weighted by Gasteiger charge is 2.12. The van der Waals surface area contributed by atoms with E-state index in [1.165, 1.54) is 0 Å². The van der Waals surface area contributed by atoms with Gasteiger partial charge in [-0.3, -0.25) is 0 Å². The molecule has 0 heterocycles. The van der Waals surface area contributed by atoms with Crippen LogP contribution < -0.4 is 14.8 Å². The van der Waals surface area contributed by atoms with Gasteiger partial charge in [0, 0.05) is 22.6 Å². The van der Waals surface area contributed by atoms with E-state index in [0.717, 1.165) is 21.2 Å². The molecule has 3 aromatic rings. The number of nitrogens with one attached hydrogen (secondary N) is 1. The molecular weight excluding hydrogens is 482 g/mol. The molecule has 0 atom stereocenters. The maximum atomic E-state index is 11.0. The molecule has 0 amide bonds. The number of ether oxygens (including phenoxy) is 2. The summed E-state index contributed by atoms with van der Waals surface area (Å²) < 4.78 is 12.7. The Morgan fingerprint density at radius 3 is 2.26 bits per heavy atom. The number of carbonyl (C=O) groups is 1. The fraction of sp³-hybridized carbons (Fsp3) is 0.208. The van der Waals surface area contributed by atoms with E-state index in [0.29, 0.717) is 42.8 Å². The number of aromatic carboxylic acids is 1. The molecule has 0 aliphatic rings. The van der Waals surface area contributed by atoms with Gasteiger partial charge in [0.15, 0.2) is 11.5 Å². The van der Waals surface area contributed by atoms with E-state index in [9.17, 15) is 4.79 Å². The number of hydrogen-bond acceptors (Lipinski definition) is 4. The zero-order chi connectivity index (χ0) is 22.2. The van der Waals surface area contributed by atoms with Gasteiger partial charge in [-0.15, -0.1) is 0 Å². The van der Waals surface area contributed by atoms with Crippen molar-refractivity contribution in [2.24, 2.45) is 0 Å². The van der Waals surface area contributed by atoms with Crippen LogP contribution in [0.1, 0.15) is 34.0 Å². The van der Waals surface area contributed by atoms with Crippen LogP contribution in [0.2, 0.25) is 5.02 Å². The summed E-state index contributed by atoms with van der Waals surface area (Å²) in [6.07, 6.45) is 0. The summed E-state index contributed by atoms with van der Waals surface area (Å²) >= 11 is 9.56. The Kier molecular flexibility index (Phi) is 8.35. The van der Waals surface area contributed by atoms with Crippen LogP contribution in [0.5, 0.6) is 11.5 Å². The van der Waals surface area contributed by atoms with Gasteiger partial charge in [0.2, 0.25) is 0 Å². The van der Waals surface area contributed by atoms with Gasteiger partial charge >= 0.3 is 5.97 Å². The minimum atomic E-state index is -0.926. The summed E-state index contributed by atoms with van der Waals surface area (Å²) in [6.45, 7) is 4.10. The van der Waals surface area contributed by atoms with Gasteiger partial charge in [0.05, 0.1) is 12.2 Å². The lowest BCUT2D eigenvalue weighted by Gasteiger charge is -2.16. The first kappa shape index (κ1) is 23.1. The predicted octanol–water partition coefficient (Wildman–Crippen LogP) is 6.07. The number of halogens is 2. The third-order valence-electron chi connectivity index (χ3n) is 4.57. The van der Waals surface area contributed by atoms with Gasteiger partial charge in [0.1, 0.15) is 6.61 Å². The van der Waals surface area contributed by atoms with Crippen LogP contribution in [0.15, 0.2) is 65.1 Å². The van der Waals surface area contributed by atoms with E-state index in [1.54, 1.807) is 12.1 Å². The van der Waals surface area contributed by atoms with Crippen LogP contribution in [0, 0.1) is 0 Å². The number of benzene rings is 3. The largest absolute Gasteiger partial charge is 0.490 e. The average molecular weight is 505 g/mol. The first-order valence-corrected chi connectivity index (χ1v) is 11.0. The van der Waals surface area contributed by atoms with Gasteiger partial charge in [-0.25, -0.2) is 4.79 Å². The predicted molar refractivity (Wildman–Crippen MR) is 125 cm³/mol. The van der Waals surface area contributed by atoms with Crippen molar-refractivity contribution in [3.05, 3.63) is 92.4 Å². The van der Waals surface area contributed by atoms with Gasteiger partial charge < -0.3 is 19.9 Å². The molecule has 5 nitrogen and oxygen atoms in total. The smallest absolute Gasteiger partial charge is 0.335 e. The molecule has 0 radical (unpaired) electrons. The van der Waals surface area contributed by atoms with Crippen LogP contribution in [0.4, 0.5) is 0 Å². The van der Waals surface area contributed by atoms with Gasteiger partial charge in [-0.1, -0.05) is 51.8 Å². The van der Waals surface area contributed by atoms with Crippen molar-refractivity contribution in [1.82, 2.24) is 5.32 Å². The molecule has 2 N–H and O–H groups in total. The SMILES string of the molecule is CCOc1cc(CNCc2ccc(C(=O)O)cc2)c(Br)cc1OCc1ccc(Cl)cc1. The van der Waals surface area contributed by atoms with Crippen LogP contribution in [0.25, 0.3) is 0 Å². The van der Waals surface area contributed by atoms with E-state index in [4.69, 9.17) is 26.2 Å². The molecule has 3 rings (SSSR count). The lowest BCUT2D eigenvalue weighted by Crippen LogP contribution is -2.13. The molecule has 0 fully saturated rings. The summed E-state index contributed by atoms with van der Waals surface area (Å²) in [6, 6.07) is 18.2. The van der Waals surface area contributed by atoms with Crippen LogP contribution >= 0.6 is 27.5 Å². The highest BCUT2D eigenvalue weighted by molar-refractivity contribution is 9.10. The number of carboxylic acid groups (broad SMARTS) is 1. The second-order valence-electron chi connectivity index (χ2n) is 6.84. The Bertz CT molecular complexity index is 1020. The lowest BCUT2D eigenvalue weighted by atomic mass is 10.1. The zero-order valence-corrected chi connectivity index (χ0v) is 19.4. The Balaban J connectivity index is 1.64. The van der Waals surface area contributed by atoms with Gasteiger partial charge in [-0.2, -0.15) is 0 Å². The highest BCUT2D eigenvalue weighted by Crippen LogP contribution is 2.34. The van der Waals surface area contributed by atoms with Crippen molar-refractivity contribution in [1.29, 1.82) is 0 Å². The van der Waals surface area contributed by atoms with Crippen LogP contribution in [-0.4, -0.2) is 17.7 Å². The maximum Gasteiger partial charge on any atom is 0.335 e. The maximum absolute atomic E-state index is 11.0. The topological polar surface area (TPSA) is 67.8 Å². The molecule has 31 heavy (non-hydrogen) atoms. The Labute approximate surface area is 195 Å². The molecule has 162 valence electrons. The van der Waals surface area contributed by atoms with E-state index >= 15 is 0 Å². The normalized spacial score (nSPS) is 10.7. The van der Waals surface area contributed by atoms with Crippen molar-refractivity contribution >= 4 is 33.5 Å². The van der Waals surface area contributed by atoms with Crippen molar-refractivity contribution < 1.29 is 19.4 Å². The minimum absolute atomic E-state index is 0.280. The molecule has 7 heteroatoms. The van der Waals surface area contributed by atoms with Crippen molar-refractivity contribution in [2.75, 3.05) is 6.61 Å². The standard InChI is InChI=1S/C24H23BrClNO4/c1-2-30-22-11-19(14-27-13-16-3-7-18(8-4-16)24(28)29)21(25)12-23(22)31-15-17-5-9-20(26)10-6-17/h3-12,27H,2,13-15H2,1H3,(H,28,29). The second-order valence-corrected chi connectivity index (χ2v) is 8.13. The highest BCUT2D eigenvalue weighted by atomic mass is 79.9. The lowest BCUT2D eigenvalue weighted by molar-refractivity contribution is 0.0697. The molecule has 3 aromatic carbocycles. The van der Waals surface area contributed by atoms with Crippen molar-refractivity contribution in [3.63, 3.8) is 0 Å². The van der Waals surface area contributed by atoms with E-state index in [2.05, 4.69) is 21.2 Å². The molecular formula is C24H23BrClNO4. The van der Waals surface area contributed by atoms with Gasteiger partial charge in [-0.05, 0) is 60.0 Å². The monoisotopic (exact) mass is 503 g/mol. The third kappa shape index (κ3) is 6.72. The van der Waals surface area contributed by atoms with Crippen molar-refractivity contribution in [3.8, 4) is 11.5 Å². The minimum Gasteiger partial charge on any atom is -0.490 e. The molecule has 0 aliphatic carbocycles. The fourth-order valence-electron chi connectivity index (χ4n) is 2.94. The van der Waals surface area contributed by atoms with Gasteiger partial charge in [0.25, 0.3) is 0 Å². The number of hydrogen-bond donors (Lipinski definition) is 2. The van der Waals surface area contributed by atoms with Crippen molar-refractivity contribution in [2.45, 2.75) is 26.6 Å². The van der Waals surface area contributed by atoms with E-state index in [1.807, 2.05) is 55.5 Å². The molecule has 0 saturated heterocycles. The summed E-state index contributed by atoms with van der Waals surface area (Å²) in [4.78, 5) is 11.0. The first-order valence-electron chi connectivity index (χ1n) is 9.81. The number of rotatable bonds is 10.